The maximum atomic E-state index is 12.2. The van der Waals surface area contributed by atoms with Gasteiger partial charge < -0.3 is 16.4 Å². The van der Waals surface area contributed by atoms with E-state index >= 15 is 0 Å². The molecule has 1 fully saturated rings. The molecule has 6 heteroatoms. The average molecular weight is 325 g/mol. The molecular formula is C18H19N3O3. The number of primary amides is 1. The first-order valence-corrected chi connectivity index (χ1v) is 7.90. The van der Waals surface area contributed by atoms with E-state index in [-0.39, 0.29) is 11.8 Å². The van der Waals surface area contributed by atoms with Gasteiger partial charge in [-0.1, -0.05) is 42.5 Å². The third kappa shape index (κ3) is 3.37. The molecule has 2 atom stereocenters. The fourth-order valence-electron chi connectivity index (χ4n) is 3.00. The molecule has 2 aromatic carbocycles. The van der Waals surface area contributed by atoms with E-state index < -0.39 is 18.0 Å². The first-order valence-electron chi connectivity index (χ1n) is 7.90. The highest BCUT2D eigenvalue weighted by Gasteiger charge is 2.30. The summed E-state index contributed by atoms with van der Waals surface area (Å²) in [5, 5.41) is 7.34. The van der Waals surface area contributed by atoms with Gasteiger partial charge in [0.15, 0.2) is 0 Å². The van der Waals surface area contributed by atoms with Gasteiger partial charge >= 0.3 is 0 Å². The summed E-state index contributed by atoms with van der Waals surface area (Å²) in [6.07, 6.45) is 1.07. The highest BCUT2D eigenvalue weighted by atomic mass is 16.2. The van der Waals surface area contributed by atoms with Crippen molar-refractivity contribution in [1.29, 1.82) is 0 Å². The van der Waals surface area contributed by atoms with E-state index in [1.165, 1.54) is 0 Å². The van der Waals surface area contributed by atoms with Crippen LogP contribution in [0.4, 0.5) is 0 Å². The predicted molar refractivity (Wildman–Crippen MR) is 89.9 cm³/mol. The molecule has 3 amide bonds. The van der Waals surface area contributed by atoms with Crippen LogP contribution in [-0.2, 0) is 20.8 Å². The minimum absolute atomic E-state index is 0.153. The Bertz CT molecular complexity index is 798. The Morgan fingerprint density at radius 3 is 2.67 bits per heavy atom. The van der Waals surface area contributed by atoms with Crippen molar-refractivity contribution in [1.82, 2.24) is 10.6 Å². The Labute approximate surface area is 139 Å². The molecule has 1 saturated heterocycles. The van der Waals surface area contributed by atoms with Gasteiger partial charge in [-0.3, -0.25) is 14.4 Å². The first kappa shape index (κ1) is 16.0. The monoisotopic (exact) mass is 325 g/mol. The van der Waals surface area contributed by atoms with Crippen molar-refractivity contribution in [2.24, 2.45) is 5.73 Å². The van der Waals surface area contributed by atoms with Crippen LogP contribution < -0.4 is 16.4 Å². The summed E-state index contributed by atoms with van der Waals surface area (Å²) in [5.74, 6) is -1.12. The third-order valence-electron chi connectivity index (χ3n) is 4.28. The molecular weight excluding hydrogens is 306 g/mol. The number of hydrogen-bond acceptors (Lipinski definition) is 3. The number of fused-ring (bicyclic) bond motifs is 1. The number of nitrogens with two attached hydrogens (primary N) is 1. The minimum atomic E-state index is -0.819. The molecule has 0 unspecified atom stereocenters. The van der Waals surface area contributed by atoms with Crippen LogP contribution in [0.5, 0.6) is 0 Å². The summed E-state index contributed by atoms with van der Waals surface area (Å²) in [5.41, 5.74) is 6.40. The van der Waals surface area contributed by atoms with E-state index in [0.29, 0.717) is 19.3 Å². The molecule has 24 heavy (non-hydrogen) atoms. The molecule has 0 aliphatic carbocycles. The van der Waals surface area contributed by atoms with E-state index in [1.807, 2.05) is 42.5 Å². The smallest absolute Gasteiger partial charge is 0.243 e. The lowest BCUT2D eigenvalue weighted by atomic mass is 9.98. The molecule has 1 aliphatic heterocycles. The van der Waals surface area contributed by atoms with Crippen molar-refractivity contribution in [3.05, 3.63) is 48.0 Å². The number of nitrogens with one attached hydrogen (secondary N) is 2. The van der Waals surface area contributed by atoms with Gasteiger partial charge in [-0.15, -0.1) is 0 Å². The van der Waals surface area contributed by atoms with E-state index in [9.17, 15) is 14.4 Å². The Kier molecular flexibility index (Phi) is 4.46. The van der Waals surface area contributed by atoms with E-state index in [2.05, 4.69) is 10.6 Å². The second-order valence-electron chi connectivity index (χ2n) is 5.96. The van der Waals surface area contributed by atoms with Crippen molar-refractivity contribution in [3.63, 3.8) is 0 Å². The van der Waals surface area contributed by atoms with Gasteiger partial charge in [-0.2, -0.15) is 0 Å². The molecule has 0 aromatic heterocycles. The molecule has 2 aromatic rings. The van der Waals surface area contributed by atoms with Crippen LogP contribution in [0, 0.1) is 0 Å². The second kappa shape index (κ2) is 6.70. The number of amides is 3. The highest BCUT2D eigenvalue weighted by Crippen LogP contribution is 2.20. The maximum absolute atomic E-state index is 12.2. The number of carbonyl (C=O) groups excluding carboxylic acids is 3. The summed E-state index contributed by atoms with van der Waals surface area (Å²) in [7, 11) is 0. The zero-order chi connectivity index (χ0) is 17.1. The Hall–Kier alpha value is -2.89. The van der Waals surface area contributed by atoms with Crippen molar-refractivity contribution < 1.29 is 14.4 Å². The Balaban J connectivity index is 1.77. The average Bonchev–Trinajstić information content (AvgIpc) is 3.01. The summed E-state index contributed by atoms with van der Waals surface area (Å²) in [6.45, 7) is 0. The lowest BCUT2D eigenvalue weighted by molar-refractivity contribution is -0.129. The van der Waals surface area contributed by atoms with Gasteiger partial charge in [0.1, 0.15) is 12.1 Å². The van der Waals surface area contributed by atoms with Gasteiger partial charge in [0.05, 0.1) is 0 Å². The second-order valence-corrected chi connectivity index (χ2v) is 5.96. The Morgan fingerprint density at radius 2 is 1.96 bits per heavy atom. The largest absolute Gasteiger partial charge is 0.368 e. The highest BCUT2D eigenvalue weighted by molar-refractivity contribution is 5.94. The van der Waals surface area contributed by atoms with Crippen LogP contribution in [-0.4, -0.2) is 29.8 Å². The molecule has 124 valence electrons. The van der Waals surface area contributed by atoms with Crippen molar-refractivity contribution >= 4 is 28.5 Å². The van der Waals surface area contributed by atoms with E-state index in [1.54, 1.807) is 0 Å². The van der Waals surface area contributed by atoms with E-state index in [4.69, 9.17) is 5.73 Å². The van der Waals surface area contributed by atoms with Gasteiger partial charge in [0.25, 0.3) is 0 Å². The molecule has 4 N–H and O–H groups in total. The molecule has 6 nitrogen and oxygen atoms in total. The van der Waals surface area contributed by atoms with Crippen LogP contribution in [0.3, 0.4) is 0 Å². The zero-order valence-corrected chi connectivity index (χ0v) is 13.1. The predicted octanol–water partition coefficient (Wildman–Crippen LogP) is 0.631. The zero-order valence-electron chi connectivity index (χ0n) is 13.1. The summed E-state index contributed by atoms with van der Waals surface area (Å²) < 4.78 is 0. The van der Waals surface area contributed by atoms with Crippen LogP contribution in [0.25, 0.3) is 10.8 Å². The summed E-state index contributed by atoms with van der Waals surface area (Å²) in [4.78, 5) is 35.2. The van der Waals surface area contributed by atoms with Gasteiger partial charge in [-0.05, 0) is 22.8 Å². The normalized spacial score (nSPS) is 18.2. The van der Waals surface area contributed by atoms with Crippen molar-refractivity contribution in [3.8, 4) is 0 Å². The van der Waals surface area contributed by atoms with Crippen LogP contribution in [0.1, 0.15) is 18.4 Å². The number of hydrogen-bond donors (Lipinski definition) is 3. The van der Waals surface area contributed by atoms with Crippen molar-refractivity contribution in [2.45, 2.75) is 31.3 Å². The van der Waals surface area contributed by atoms with Gasteiger partial charge in [0.2, 0.25) is 17.7 Å². The van der Waals surface area contributed by atoms with Crippen LogP contribution in [0.2, 0.25) is 0 Å². The molecule has 1 aliphatic rings. The topological polar surface area (TPSA) is 101 Å². The Morgan fingerprint density at radius 1 is 1.21 bits per heavy atom. The minimum Gasteiger partial charge on any atom is -0.368 e. The fraction of sp³-hybridized carbons (Fsp3) is 0.278. The number of rotatable bonds is 5. The lowest BCUT2D eigenvalue weighted by Gasteiger charge is -2.19. The number of benzene rings is 2. The summed E-state index contributed by atoms with van der Waals surface area (Å²) >= 11 is 0. The lowest BCUT2D eigenvalue weighted by Crippen LogP contribution is -2.51. The molecule has 0 radical (unpaired) electrons. The van der Waals surface area contributed by atoms with Crippen LogP contribution in [0.15, 0.2) is 42.5 Å². The van der Waals surface area contributed by atoms with Gasteiger partial charge in [-0.25, -0.2) is 0 Å². The molecule has 3 rings (SSSR count). The standard InChI is InChI=1S/C18H19N3O3/c19-17(23)15(21-18(24)14-8-9-16(22)20-14)10-12-6-3-5-11-4-1-2-7-13(11)12/h1-7,14-15H,8-10H2,(H2,19,23)(H,20,22)(H,21,24)/t14-,15+/m1/s1. The first-order chi connectivity index (χ1) is 11.5. The molecule has 0 spiro atoms. The van der Waals surface area contributed by atoms with Gasteiger partial charge in [0, 0.05) is 12.8 Å². The third-order valence-corrected chi connectivity index (χ3v) is 4.28. The maximum Gasteiger partial charge on any atom is 0.243 e. The van der Waals surface area contributed by atoms with E-state index in [0.717, 1.165) is 16.3 Å². The molecule has 0 bridgehead atoms. The van der Waals surface area contributed by atoms with Crippen molar-refractivity contribution in [2.75, 3.05) is 0 Å². The summed E-state index contributed by atoms with van der Waals surface area (Å²) in [6, 6.07) is 12.3. The fourth-order valence-corrected chi connectivity index (χ4v) is 3.00. The quantitative estimate of drug-likeness (QED) is 0.751. The molecule has 1 heterocycles. The SMILES string of the molecule is NC(=O)[C@H](Cc1cccc2ccccc12)NC(=O)[C@H]1CCC(=O)N1. The molecule has 0 saturated carbocycles. The number of carbonyl (C=O) groups is 3. The van der Waals surface area contributed by atoms with Crippen LogP contribution >= 0.6 is 0 Å².